The third kappa shape index (κ3) is 1.24. The predicted molar refractivity (Wildman–Crippen MR) is 52.2 cm³/mol. The van der Waals surface area contributed by atoms with Gasteiger partial charge < -0.3 is 0 Å². The number of rotatable bonds is 1. The molecule has 0 aliphatic heterocycles. The van der Waals surface area contributed by atoms with Crippen molar-refractivity contribution in [2.45, 2.75) is 0 Å². The number of fused-ring (bicyclic) bond motifs is 1. The Hall–Kier alpha value is -0.860. The van der Waals surface area contributed by atoms with Crippen LogP contribution in [0.1, 0.15) is 10.4 Å². The van der Waals surface area contributed by atoms with Gasteiger partial charge in [-0.05, 0) is 23.6 Å². The normalized spacial score (nSPS) is 10.4. The molecule has 60 valence electrons. The zero-order valence-electron chi connectivity index (χ0n) is 6.08. The molecule has 2 aromatic rings. The quantitative estimate of drug-likeness (QED) is 0.640. The first-order chi connectivity index (χ1) is 5.79. The Morgan fingerprint density at radius 2 is 2.17 bits per heavy atom. The summed E-state index contributed by atoms with van der Waals surface area (Å²) in [6.07, 6.45) is 0.838. The van der Waals surface area contributed by atoms with E-state index in [1.807, 2.05) is 18.2 Å². The summed E-state index contributed by atoms with van der Waals surface area (Å²) < 4.78 is 1.87. The van der Waals surface area contributed by atoms with Crippen LogP contribution in [0.15, 0.2) is 24.3 Å². The standard InChI is InChI=1S/C9H5ClOS/c10-9-4-7-3-6(5-11)1-2-8(7)12-9/h1-5H. The summed E-state index contributed by atoms with van der Waals surface area (Å²) in [4.78, 5) is 10.4. The van der Waals surface area contributed by atoms with Gasteiger partial charge in [-0.3, -0.25) is 4.79 Å². The summed E-state index contributed by atoms with van der Waals surface area (Å²) in [5.74, 6) is 0. The third-order valence-corrected chi connectivity index (χ3v) is 2.89. The number of thiophene rings is 1. The molecule has 0 bridgehead atoms. The number of carbonyl (C=O) groups is 1. The van der Waals surface area contributed by atoms with Crippen molar-refractivity contribution in [2.75, 3.05) is 0 Å². The third-order valence-electron chi connectivity index (χ3n) is 1.65. The van der Waals surface area contributed by atoms with Crippen molar-refractivity contribution in [3.8, 4) is 0 Å². The van der Waals surface area contributed by atoms with Crippen LogP contribution in [0.5, 0.6) is 0 Å². The van der Waals surface area contributed by atoms with E-state index >= 15 is 0 Å². The summed E-state index contributed by atoms with van der Waals surface area (Å²) in [6.45, 7) is 0. The molecule has 1 nitrogen and oxygen atoms in total. The highest BCUT2D eigenvalue weighted by molar-refractivity contribution is 7.22. The first kappa shape index (κ1) is 7.77. The first-order valence-corrected chi connectivity index (χ1v) is 4.63. The second-order valence-corrected chi connectivity index (χ2v) is 4.18. The Bertz CT molecular complexity index is 433. The fourth-order valence-electron chi connectivity index (χ4n) is 1.10. The van der Waals surface area contributed by atoms with E-state index in [1.165, 1.54) is 11.3 Å². The fraction of sp³-hybridized carbons (Fsp3) is 0. The van der Waals surface area contributed by atoms with Crippen LogP contribution in [0, 0.1) is 0 Å². The highest BCUT2D eigenvalue weighted by Crippen LogP contribution is 2.29. The summed E-state index contributed by atoms with van der Waals surface area (Å²) in [7, 11) is 0. The minimum Gasteiger partial charge on any atom is -0.298 e. The Balaban J connectivity index is 2.74. The molecule has 1 heterocycles. The van der Waals surface area contributed by atoms with Crippen molar-refractivity contribution in [1.29, 1.82) is 0 Å². The van der Waals surface area contributed by atoms with E-state index in [2.05, 4.69) is 0 Å². The monoisotopic (exact) mass is 196 g/mol. The highest BCUT2D eigenvalue weighted by Gasteiger charge is 1.99. The topological polar surface area (TPSA) is 17.1 Å². The largest absolute Gasteiger partial charge is 0.298 e. The van der Waals surface area contributed by atoms with Gasteiger partial charge in [0, 0.05) is 10.3 Å². The van der Waals surface area contributed by atoms with E-state index in [1.54, 1.807) is 6.07 Å². The van der Waals surface area contributed by atoms with E-state index < -0.39 is 0 Å². The van der Waals surface area contributed by atoms with Gasteiger partial charge in [-0.1, -0.05) is 17.7 Å². The van der Waals surface area contributed by atoms with E-state index in [4.69, 9.17) is 11.6 Å². The molecule has 0 N–H and O–H groups in total. The van der Waals surface area contributed by atoms with Crippen molar-refractivity contribution >= 4 is 39.3 Å². The van der Waals surface area contributed by atoms with E-state index in [0.717, 1.165) is 20.7 Å². The van der Waals surface area contributed by atoms with Crippen LogP contribution in [0.4, 0.5) is 0 Å². The van der Waals surface area contributed by atoms with Crippen molar-refractivity contribution in [1.82, 2.24) is 0 Å². The van der Waals surface area contributed by atoms with Gasteiger partial charge in [0.05, 0.1) is 4.34 Å². The second-order valence-electron chi connectivity index (χ2n) is 2.47. The molecule has 0 aliphatic rings. The van der Waals surface area contributed by atoms with Crippen LogP contribution < -0.4 is 0 Å². The Morgan fingerprint density at radius 3 is 2.92 bits per heavy atom. The molecule has 2 rings (SSSR count). The molecule has 12 heavy (non-hydrogen) atoms. The lowest BCUT2D eigenvalue weighted by Crippen LogP contribution is -1.75. The van der Waals surface area contributed by atoms with Gasteiger partial charge in [0.25, 0.3) is 0 Å². The van der Waals surface area contributed by atoms with E-state index in [9.17, 15) is 4.79 Å². The number of hydrogen-bond acceptors (Lipinski definition) is 2. The average Bonchev–Trinajstić information content (AvgIpc) is 2.43. The second kappa shape index (κ2) is 2.88. The highest BCUT2D eigenvalue weighted by atomic mass is 35.5. The van der Waals surface area contributed by atoms with Crippen LogP contribution in [-0.4, -0.2) is 6.29 Å². The molecule has 1 aromatic heterocycles. The Kier molecular flexibility index (Phi) is 1.87. The Morgan fingerprint density at radius 1 is 1.33 bits per heavy atom. The predicted octanol–water partition coefficient (Wildman–Crippen LogP) is 3.37. The lowest BCUT2D eigenvalue weighted by Gasteiger charge is -1.89. The smallest absolute Gasteiger partial charge is 0.150 e. The molecule has 0 fully saturated rings. The number of carbonyl (C=O) groups excluding carboxylic acids is 1. The number of aldehydes is 1. The van der Waals surface area contributed by atoms with Crippen LogP contribution >= 0.6 is 22.9 Å². The van der Waals surface area contributed by atoms with Gasteiger partial charge in [0.2, 0.25) is 0 Å². The summed E-state index contributed by atoms with van der Waals surface area (Å²) in [5, 5.41) is 1.04. The molecule has 0 amide bonds. The van der Waals surface area contributed by atoms with Crippen LogP contribution in [-0.2, 0) is 0 Å². The van der Waals surface area contributed by atoms with Gasteiger partial charge in [-0.2, -0.15) is 0 Å². The average molecular weight is 197 g/mol. The molecule has 0 saturated carbocycles. The lowest BCUT2D eigenvalue weighted by atomic mass is 10.2. The Labute approximate surface area is 78.6 Å². The van der Waals surface area contributed by atoms with Gasteiger partial charge in [0.15, 0.2) is 0 Å². The lowest BCUT2D eigenvalue weighted by molar-refractivity contribution is 0.112. The zero-order valence-corrected chi connectivity index (χ0v) is 7.65. The minimum atomic E-state index is 0.692. The molecule has 1 aromatic carbocycles. The van der Waals surface area contributed by atoms with Gasteiger partial charge in [-0.25, -0.2) is 0 Å². The molecular formula is C9H5ClOS. The molecule has 0 atom stereocenters. The minimum absolute atomic E-state index is 0.692. The molecular weight excluding hydrogens is 192 g/mol. The number of benzene rings is 1. The van der Waals surface area contributed by atoms with E-state index in [-0.39, 0.29) is 0 Å². The number of halogens is 1. The van der Waals surface area contributed by atoms with Crippen molar-refractivity contribution in [3.63, 3.8) is 0 Å². The molecule has 3 heteroatoms. The zero-order chi connectivity index (χ0) is 8.55. The molecule has 0 spiro atoms. The van der Waals surface area contributed by atoms with Crippen LogP contribution in [0.3, 0.4) is 0 Å². The fourth-order valence-corrected chi connectivity index (χ4v) is 2.24. The molecule has 0 unspecified atom stereocenters. The SMILES string of the molecule is O=Cc1ccc2sc(Cl)cc2c1. The van der Waals surface area contributed by atoms with Gasteiger partial charge in [0.1, 0.15) is 6.29 Å². The first-order valence-electron chi connectivity index (χ1n) is 3.44. The number of hydrogen-bond donors (Lipinski definition) is 0. The van der Waals surface area contributed by atoms with Gasteiger partial charge >= 0.3 is 0 Å². The maximum atomic E-state index is 10.4. The molecule has 0 radical (unpaired) electrons. The summed E-state index contributed by atoms with van der Waals surface area (Å²) >= 11 is 7.33. The van der Waals surface area contributed by atoms with Crippen molar-refractivity contribution in [3.05, 3.63) is 34.2 Å². The summed E-state index contributed by atoms with van der Waals surface area (Å²) in [6, 6.07) is 7.41. The maximum Gasteiger partial charge on any atom is 0.150 e. The summed E-state index contributed by atoms with van der Waals surface area (Å²) in [5.41, 5.74) is 0.692. The van der Waals surface area contributed by atoms with Crippen LogP contribution in [0.25, 0.3) is 10.1 Å². The van der Waals surface area contributed by atoms with Crippen molar-refractivity contribution in [2.24, 2.45) is 0 Å². The molecule has 0 saturated heterocycles. The van der Waals surface area contributed by atoms with Crippen molar-refractivity contribution < 1.29 is 4.79 Å². The van der Waals surface area contributed by atoms with Gasteiger partial charge in [-0.15, -0.1) is 11.3 Å². The van der Waals surface area contributed by atoms with E-state index in [0.29, 0.717) is 5.56 Å². The van der Waals surface area contributed by atoms with Crippen LogP contribution in [0.2, 0.25) is 4.34 Å². The maximum absolute atomic E-state index is 10.4. The molecule has 0 aliphatic carbocycles.